The largest absolute Gasteiger partial charge is 0.511 e. The van der Waals surface area contributed by atoms with Gasteiger partial charge in [0.1, 0.15) is 5.60 Å². The Labute approximate surface area is 133 Å². The maximum Gasteiger partial charge on any atom is 0.511 e. The molecule has 0 aromatic rings. The predicted octanol–water partition coefficient (Wildman–Crippen LogP) is 2.49. The third-order valence-electron chi connectivity index (χ3n) is 4.85. The number of hydrogen-bond acceptors (Lipinski definition) is 4. The molecular formula is C14H20F3NO4S. The van der Waals surface area contributed by atoms with Crippen molar-refractivity contribution in [3.05, 3.63) is 12.2 Å². The maximum atomic E-state index is 12.4. The van der Waals surface area contributed by atoms with Crippen molar-refractivity contribution in [1.29, 1.82) is 0 Å². The molecule has 0 saturated heterocycles. The number of sulfonamides is 1. The van der Waals surface area contributed by atoms with Gasteiger partial charge in [0.05, 0.1) is 0 Å². The minimum atomic E-state index is -5.38. The van der Waals surface area contributed by atoms with Crippen molar-refractivity contribution in [3.8, 4) is 0 Å². The van der Waals surface area contributed by atoms with Crippen LogP contribution in [0.25, 0.3) is 0 Å². The number of alkyl halides is 3. The number of carbonyl (C=O) groups is 1. The number of esters is 1. The van der Waals surface area contributed by atoms with Crippen molar-refractivity contribution in [2.75, 3.05) is 6.54 Å². The molecule has 0 atom stereocenters. The molecule has 2 aliphatic rings. The summed E-state index contributed by atoms with van der Waals surface area (Å²) >= 11 is 0. The van der Waals surface area contributed by atoms with E-state index in [1.54, 1.807) is 4.72 Å². The van der Waals surface area contributed by atoms with E-state index < -0.39 is 33.6 Å². The zero-order valence-corrected chi connectivity index (χ0v) is 13.6. The summed E-state index contributed by atoms with van der Waals surface area (Å²) in [6, 6.07) is 0. The molecule has 1 N–H and O–H groups in total. The van der Waals surface area contributed by atoms with Gasteiger partial charge in [-0.2, -0.15) is 13.2 Å². The van der Waals surface area contributed by atoms with Crippen LogP contribution in [0.15, 0.2) is 12.2 Å². The summed E-state index contributed by atoms with van der Waals surface area (Å²) in [7, 11) is -5.38. The fraction of sp³-hybridized carbons (Fsp3) is 0.786. The molecule has 9 heteroatoms. The van der Waals surface area contributed by atoms with E-state index in [1.807, 2.05) is 0 Å². The summed E-state index contributed by atoms with van der Waals surface area (Å²) < 4.78 is 66.4. The van der Waals surface area contributed by atoms with Crippen molar-refractivity contribution >= 4 is 16.0 Å². The Kier molecular flexibility index (Phi) is 4.83. The highest BCUT2D eigenvalue weighted by molar-refractivity contribution is 7.90. The second-order valence-corrected chi connectivity index (χ2v) is 8.03. The summed E-state index contributed by atoms with van der Waals surface area (Å²) in [5, 5.41) is 0. The minimum Gasteiger partial charge on any atom is -0.455 e. The Morgan fingerprint density at radius 2 is 1.74 bits per heavy atom. The van der Waals surface area contributed by atoms with Crippen molar-refractivity contribution < 1.29 is 31.1 Å². The van der Waals surface area contributed by atoms with Gasteiger partial charge in [-0.15, -0.1) is 0 Å². The van der Waals surface area contributed by atoms with Crippen LogP contribution in [0.2, 0.25) is 0 Å². The Morgan fingerprint density at radius 3 is 2.13 bits per heavy atom. The zero-order valence-electron chi connectivity index (χ0n) is 12.8. The van der Waals surface area contributed by atoms with Crippen LogP contribution >= 0.6 is 0 Å². The van der Waals surface area contributed by atoms with Gasteiger partial charge < -0.3 is 4.74 Å². The van der Waals surface area contributed by atoms with Gasteiger partial charge >= 0.3 is 21.5 Å². The van der Waals surface area contributed by atoms with E-state index in [0.29, 0.717) is 0 Å². The molecule has 0 heterocycles. The van der Waals surface area contributed by atoms with E-state index >= 15 is 0 Å². The molecule has 2 bridgehead atoms. The summed E-state index contributed by atoms with van der Waals surface area (Å²) in [5.41, 5.74) is -6.01. The van der Waals surface area contributed by atoms with Gasteiger partial charge in [0.25, 0.3) is 0 Å². The van der Waals surface area contributed by atoms with Crippen molar-refractivity contribution in [3.63, 3.8) is 0 Å². The molecule has 2 fully saturated rings. The molecule has 2 saturated carbocycles. The third kappa shape index (κ3) is 3.40. The normalized spacial score (nSPS) is 30.4. The van der Waals surface area contributed by atoms with E-state index in [4.69, 9.17) is 4.74 Å². The molecule has 0 aliphatic heterocycles. The Bertz CT molecular complexity index is 580. The summed E-state index contributed by atoms with van der Waals surface area (Å²) in [6.45, 7) is 4.60. The number of fused-ring (bicyclic) bond motifs is 2. The van der Waals surface area contributed by atoms with E-state index in [2.05, 4.69) is 6.58 Å². The van der Waals surface area contributed by atoms with Crippen LogP contribution in [0.4, 0.5) is 13.2 Å². The lowest BCUT2D eigenvalue weighted by atomic mass is 9.87. The maximum absolute atomic E-state index is 12.4. The second kappa shape index (κ2) is 6.08. The Balaban J connectivity index is 2.09. The molecule has 0 unspecified atom stereocenters. The molecule has 2 aliphatic carbocycles. The fourth-order valence-corrected chi connectivity index (χ4v) is 4.29. The lowest BCUT2D eigenvalue weighted by Crippen LogP contribution is -2.45. The topological polar surface area (TPSA) is 72.5 Å². The van der Waals surface area contributed by atoms with Crippen LogP contribution in [0, 0.1) is 11.8 Å². The Hall–Kier alpha value is -1.09. The third-order valence-corrected chi connectivity index (χ3v) is 6.05. The molecule has 5 nitrogen and oxygen atoms in total. The van der Waals surface area contributed by atoms with Crippen LogP contribution in [0.3, 0.4) is 0 Å². The molecule has 0 aromatic carbocycles. The van der Waals surface area contributed by atoms with Crippen LogP contribution in [0.1, 0.15) is 39.0 Å². The van der Waals surface area contributed by atoms with Crippen LogP contribution < -0.4 is 4.72 Å². The average molecular weight is 355 g/mol. The molecule has 2 rings (SSSR count). The van der Waals surface area contributed by atoms with E-state index in [1.165, 1.54) is 6.92 Å². The van der Waals surface area contributed by atoms with Crippen molar-refractivity contribution in [2.24, 2.45) is 11.8 Å². The van der Waals surface area contributed by atoms with Crippen LogP contribution in [-0.2, 0) is 19.6 Å². The molecule has 132 valence electrons. The first-order chi connectivity index (χ1) is 10.5. The number of hydrogen-bond donors (Lipinski definition) is 1. The average Bonchev–Trinajstić information content (AvgIpc) is 2.92. The molecule has 23 heavy (non-hydrogen) atoms. The SMILES string of the molecule is C=C(C)C(=O)OC1(CCNS(=O)(=O)C(F)(F)F)C2CCC1CC2. The molecule has 0 aromatic heterocycles. The number of halogens is 3. The van der Waals surface area contributed by atoms with Crippen molar-refractivity contribution in [2.45, 2.75) is 50.1 Å². The lowest BCUT2D eigenvalue weighted by molar-refractivity contribution is -0.161. The number of nitrogens with one attached hydrogen (secondary N) is 1. The first-order valence-electron chi connectivity index (χ1n) is 7.44. The van der Waals surface area contributed by atoms with Gasteiger partial charge in [-0.1, -0.05) is 6.58 Å². The highest BCUT2D eigenvalue weighted by Gasteiger charge is 2.57. The summed E-state index contributed by atoms with van der Waals surface area (Å²) in [4.78, 5) is 11.9. The molecule has 0 radical (unpaired) electrons. The second-order valence-electron chi connectivity index (χ2n) is 6.27. The van der Waals surface area contributed by atoms with E-state index in [-0.39, 0.29) is 23.8 Å². The quantitative estimate of drug-likeness (QED) is 0.587. The zero-order chi connectivity index (χ0) is 17.5. The van der Waals surface area contributed by atoms with Gasteiger partial charge in [-0.3, -0.25) is 0 Å². The molecule has 0 spiro atoms. The first-order valence-corrected chi connectivity index (χ1v) is 8.93. The van der Waals surface area contributed by atoms with Gasteiger partial charge in [0.15, 0.2) is 0 Å². The number of rotatable bonds is 6. The monoisotopic (exact) mass is 355 g/mol. The van der Waals surface area contributed by atoms with Gasteiger partial charge in [-0.05, 0) is 44.4 Å². The van der Waals surface area contributed by atoms with Gasteiger partial charge in [0.2, 0.25) is 0 Å². The smallest absolute Gasteiger partial charge is 0.455 e. The van der Waals surface area contributed by atoms with Gasteiger partial charge in [0, 0.05) is 18.5 Å². The van der Waals surface area contributed by atoms with E-state index in [0.717, 1.165) is 25.7 Å². The first kappa shape index (κ1) is 18.3. The number of ether oxygens (including phenoxy) is 1. The van der Waals surface area contributed by atoms with Crippen LogP contribution in [-0.4, -0.2) is 32.0 Å². The highest BCUT2D eigenvalue weighted by Crippen LogP contribution is 2.56. The summed E-state index contributed by atoms with van der Waals surface area (Å²) in [5.74, 6) is -0.458. The Morgan fingerprint density at radius 1 is 1.26 bits per heavy atom. The summed E-state index contributed by atoms with van der Waals surface area (Å²) in [6.07, 6.45) is 3.37. The minimum absolute atomic E-state index is 0.0384. The molecular weight excluding hydrogens is 335 g/mol. The van der Waals surface area contributed by atoms with E-state index in [9.17, 15) is 26.4 Å². The number of carbonyl (C=O) groups excluding carboxylic acids is 1. The van der Waals surface area contributed by atoms with Crippen LogP contribution in [0.5, 0.6) is 0 Å². The van der Waals surface area contributed by atoms with Gasteiger partial charge in [-0.25, -0.2) is 17.9 Å². The lowest BCUT2D eigenvalue weighted by Gasteiger charge is -2.34. The fourth-order valence-electron chi connectivity index (χ4n) is 3.75. The highest BCUT2D eigenvalue weighted by atomic mass is 32.2. The van der Waals surface area contributed by atoms with Crippen molar-refractivity contribution in [1.82, 2.24) is 4.72 Å². The molecule has 0 amide bonds. The standard InChI is InChI=1S/C14H20F3NO4S/c1-9(2)12(19)22-13(10-3-4-11(13)6-5-10)7-8-18-23(20,21)14(15,16)17/h10-11,18H,1,3-8H2,2H3. The predicted molar refractivity (Wildman–Crippen MR) is 76.7 cm³/mol.